The summed E-state index contributed by atoms with van der Waals surface area (Å²) >= 11 is 5.59. The Morgan fingerprint density at radius 2 is 2.00 bits per heavy atom. The largest absolute Gasteiger partial charge is 0.337 e. The summed E-state index contributed by atoms with van der Waals surface area (Å²) in [6, 6.07) is 6.24. The maximum absolute atomic E-state index is 12.8. The molecule has 2 rings (SSSR count). The van der Waals surface area contributed by atoms with Crippen molar-refractivity contribution < 1.29 is 9.18 Å². The lowest BCUT2D eigenvalue weighted by Gasteiger charge is -2.21. The highest BCUT2D eigenvalue weighted by Gasteiger charge is 2.26. The van der Waals surface area contributed by atoms with E-state index in [9.17, 15) is 9.18 Å². The monoisotopic (exact) mass is 255 g/mol. The minimum absolute atomic E-state index is 0.00785. The fraction of sp³-hybridized carbons (Fsp3) is 0.462. The zero-order chi connectivity index (χ0) is 12.3. The van der Waals surface area contributed by atoms with E-state index < -0.39 is 0 Å². The molecule has 0 N–H and O–H groups in total. The number of benzene rings is 1. The molecule has 0 aliphatic heterocycles. The van der Waals surface area contributed by atoms with Crippen LogP contribution in [0.4, 0.5) is 4.39 Å². The number of carbonyl (C=O) groups excluding carboxylic acids is 1. The first-order chi connectivity index (χ1) is 8.19. The third-order valence-electron chi connectivity index (χ3n) is 2.93. The molecule has 2 nitrogen and oxygen atoms in total. The second-order valence-corrected chi connectivity index (χ2v) is 4.74. The Balaban J connectivity index is 2.00. The molecule has 0 bridgehead atoms. The molecule has 0 heterocycles. The summed E-state index contributed by atoms with van der Waals surface area (Å²) in [5.41, 5.74) is 0.936. The van der Waals surface area contributed by atoms with Gasteiger partial charge < -0.3 is 4.90 Å². The Morgan fingerprint density at radius 3 is 2.53 bits per heavy atom. The van der Waals surface area contributed by atoms with E-state index in [0.29, 0.717) is 12.5 Å². The van der Waals surface area contributed by atoms with Crippen molar-refractivity contribution in [1.29, 1.82) is 0 Å². The van der Waals surface area contributed by atoms with Gasteiger partial charge >= 0.3 is 0 Å². The van der Waals surface area contributed by atoms with Crippen LogP contribution in [0.25, 0.3) is 0 Å². The second-order valence-electron chi connectivity index (χ2n) is 4.48. The van der Waals surface area contributed by atoms with Gasteiger partial charge in [-0.2, -0.15) is 0 Å². The van der Waals surface area contributed by atoms with Crippen LogP contribution in [0.5, 0.6) is 0 Å². The quantitative estimate of drug-likeness (QED) is 0.741. The highest BCUT2D eigenvalue weighted by molar-refractivity contribution is 6.27. The third kappa shape index (κ3) is 3.70. The van der Waals surface area contributed by atoms with E-state index in [1.54, 1.807) is 17.0 Å². The van der Waals surface area contributed by atoms with Crippen LogP contribution in [-0.4, -0.2) is 23.2 Å². The molecule has 0 atom stereocenters. The number of halogens is 2. The highest BCUT2D eigenvalue weighted by atomic mass is 35.5. The van der Waals surface area contributed by atoms with Crippen LogP contribution in [0.1, 0.15) is 18.4 Å². The Labute approximate surface area is 105 Å². The molecule has 17 heavy (non-hydrogen) atoms. The maximum atomic E-state index is 12.8. The Hall–Kier alpha value is -1.09. The van der Waals surface area contributed by atoms with Crippen LogP contribution in [-0.2, 0) is 11.3 Å². The molecular formula is C13H15ClFNO. The van der Waals surface area contributed by atoms with Gasteiger partial charge in [0.05, 0.1) is 0 Å². The third-order valence-corrected chi connectivity index (χ3v) is 3.16. The lowest BCUT2D eigenvalue weighted by atomic mass is 10.2. The number of alkyl halides is 1. The SMILES string of the molecule is O=C(CCl)N(Cc1ccc(F)cc1)CC1CC1. The van der Waals surface area contributed by atoms with Crippen LogP contribution in [0.15, 0.2) is 24.3 Å². The van der Waals surface area contributed by atoms with E-state index in [4.69, 9.17) is 11.6 Å². The molecule has 0 radical (unpaired) electrons. The first-order valence-electron chi connectivity index (χ1n) is 5.77. The van der Waals surface area contributed by atoms with Crippen LogP contribution >= 0.6 is 11.6 Å². The van der Waals surface area contributed by atoms with Crippen molar-refractivity contribution in [3.05, 3.63) is 35.6 Å². The second kappa shape index (κ2) is 5.50. The predicted molar refractivity (Wildman–Crippen MR) is 65.3 cm³/mol. The molecule has 0 spiro atoms. The summed E-state index contributed by atoms with van der Waals surface area (Å²) in [7, 11) is 0. The van der Waals surface area contributed by atoms with Gasteiger partial charge in [0.15, 0.2) is 0 Å². The fourth-order valence-electron chi connectivity index (χ4n) is 1.76. The smallest absolute Gasteiger partial charge is 0.237 e. The minimum atomic E-state index is -0.258. The van der Waals surface area contributed by atoms with E-state index >= 15 is 0 Å². The minimum Gasteiger partial charge on any atom is -0.337 e. The average molecular weight is 256 g/mol. The van der Waals surface area contributed by atoms with Gasteiger partial charge in [0.25, 0.3) is 0 Å². The number of carbonyl (C=O) groups is 1. The standard InChI is InChI=1S/C13H15ClFNO/c14-7-13(17)16(8-10-1-2-10)9-11-3-5-12(15)6-4-11/h3-6,10H,1-2,7-9H2. The zero-order valence-corrected chi connectivity index (χ0v) is 10.3. The van der Waals surface area contributed by atoms with Gasteiger partial charge in [-0.15, -0.1) is 11.6 Å². The van der Waals surface area contributed by atoms with E-state index in [2.05, 4.69) is 0 Å². The Kier molecular flexibility index (Phi) is 4.00. The average Bonchev–Trinajstić information content (AvgIpc) is 3.14. The van der Waals surface area contributed by atoms with Crippen molar-refractivity contribution in [3.63, 3.8) is 0 Å². The van der Waals surface area contributed by atoms with Gasteiger partial charge in [0.1, 0.15) is 11.7 Å². The number of rotatable bonds is 5. The highest BCUT2D eigenvalue weighted by Crippen LogP contribution is 2.30. The van der Waals surface area contributed by atoms with E-state index in [0.717, 1.165) is 12.1 Å². The molecular weight excluding hydrogens is 241 g/mol. The molecule has 92 valence electrons. The predicted octanol–water partition coefficient (Wildman–Crippen LogP) is 2.80. The van der Waals surface area contributed by atoms with Crippen LogP contribution < -0.4 is 0 Å². The van der Waals surface area contributed by atoms with Gasteiger partial charge in [0, 0.05) is 13.1 Å². The van der Waals surface area contributed by atoms with Crippen molar-refractivity contribution >= 4 is 17.5 Å². The molecule has 1 aromatic rings. The topological polar surface area (TPSA) is 20.3 Å². The summed E-state index contributed by atoms with van der Waals surface area (Å²) in [5, 5.41) is 0. The molecule has 1 fully saturated rings. The van der Waals surface area contributed by atoms with E-state index in [1.165, 1.54) is 25.0 Å². The number of nitrogens with zero attached hydrogens (tertiary/aromatic N) is 1. The van der Waals surface area contributed by atoms with Gasteiger partial charge in [-0.1, -0.05) is 12.1 Å². The molecule has 0 saturated heterocycles. The van der Waals surface area contributed by atoms with Gasteiger partial charge in [-0.05, 0) is 36.5 Å². The number of hydrogen-bond acceptors (Lipinski definition) is 1. The summed E-state index contributed by atoms with van der Waals surface area (Å²) in [6.45, 7) is 1.28. The van der Waals surface area contributed by atoms with Crippen molar-refractivity contribution in [2.75, 3.05) is 12.4 Å². The number of hydrogen-bond donors (Lipinski definition) is 0. The zero-order valence-electron chi connectivity index (χ0n) is 9.53. The lowest BCUT2D eigenvalue weighted by Crippen LogP contribution is -2.33. The van der Waals surface area contributed by atoms with Crippen LogP contribution in [0, 0.1) is 11.7 Å². The van der Waals surface area contributed by atoms with Gasteiger partial charge in [-0.25, -0.2) is 4.39 Å². The van der Waals surface area contributed by atoms with E-state index in [1.807, 2.05) is 0 Å². The van der Waals surface area contributed by atoms with Crippen molar-refractivity contribution in [2.24, 2.45) is 5.92 Å². The van der Waals surface area contributed by atoms with Gasteiger partial charge in [-0.3, -0.25) is 4.79 Å². The Morgan fingerprint density at radius 1 is 1.35 bits per heavy atom. The van der Waals surface area contributed by atoms with Crippen molar-refractivity contribution in [2.45, 2.75) is 19.4 Å². The Bertz CT molecular complexity index is 389. The van der Waals surface area contributed by atoms with Crippen LogP contribution in [0.3, 0.4) is 0 Å². The van der Waals surface area contributed by atoms with Crippen molar-refractivity contribution in [3.8, 4) is 0 Å². The summed E-state index contributed by atoms with van der Waals surface area (Å²) in [4.78, 5) is 13.4. The summed E-state index contributed by atoms with van der Waals surface area (Å²) in [6.07, 6.45) is 2.38. The van der Waals surface area contributed by atoms with Crippen molar-refractivity contribution in [1.82, 2.24) is 4.90 Å². The molecule has 1 aliphatic carbocycles. The summed E-state index contributed by atoms with van der Waals surface area (Å²) < 4.78 is 12.8. The summed E-state index contributed by atoms with van der Waals surface area (Å²) in [5.74, 6) is 0.324. The molecule has 1 aliphatic rings. The molecule has 1 aromatic carbocycles. The van der Waals surface area contributed by atoms with Gasteiger partial charge in [0.2, 0.25) is 5.91 Å². The maximum Gasteiger partial charge on any atom is 0.237 e. The number of amides is 1. The first kappa shape index (κ1) is 12.4. The van der Waals surface area contributed by atoms with Crippen LogP contribution in [0.2, 0.25) is 0 Å². The molecule has 1 saturated carbocycles. The molecule has 4 heteroatoms. The normalized spacial score (nSPS) is 14.7. The first-order valence-corrected chi connectivity index (χ1v) is 6.30. The van der Waals surface area contributed by atoms with E-state index in [-0.39, 0.29) is 17.6 Å². The fourth-order valence-corrected chi connectivity index (χ4v) is 1.93. The lowest BCUT2D eigenvalue weighted by molar-refractivity contribution is -0.129. The molecule has 0 unspecified atom stereocenters. The molecule has 1 amide bonds. The molecule has 0 aromatic heterocycles.